The van der Waals surface area contributed by atoms with Gasteiger partial charge in [-0.1, -0.05) is 66.2 Å². The van der Waals surface area contributed by atoms with Gasteiger partial charge in [-0.05, 0) is 35.2 Å². The van der Waals surface area contributed by atoms with E-state index >= 15 is 0 Å². The van der Waals surface area contributed by atoms with E-state index in [-0.39, 0.29) is 18.1 Å². The number of likely N-dealkylation sites (N-methyl/N-ethyl adjacent to an activating group) is 1. The minimum absolute atomic E-state index is 0.0554. The molecule has 1 unspecified atom stereocenters. The highest BCUT2D eigenvalue weighted by Crippen LogP contribution is 2.44. The van der Waals surface area contributed by atoms with Crippen molar-refractivity contribution in [3.63, 3.8) is 0 Å². The number of nitrogens with zero attached hydrogens (tertiary/aromatic N) is 1. The van der Waals surface area contributed by atoms with Crippen molar-refractivity contribution in [2.24, 2.45) is 0 Å². The van der Waals surface area contributed by atoms with Gasteiger partial charge in [0.2, 0.25) is 0 Å². The van der Waals surface area contributed by atoms with Crippen molar-refractivity contribution in [3.8, 4) is 11.1 Å². The van der Waals surface area contributed by atoms with E-state index in [0.29, 0.717) is 5.56 Å². The lowest BCUT2D eigenvalue weighted by Gasteiger charge is -2.26. The van der Waals surface area contributed by atoms with E-state index in [2.05, 4.69) is 0 Å². The first kappa shape index (κ1) is 20.6. The van der Waals surface area contributed by atoms with Crippen molar-refractivity contribution in [1.82, 2.24) is 4.90 Å². The number of aryl methyl sites for hydroxylation is 1. The summed E-state index contributed by atoms with van der Waals surface area (Å²) < 4.78 is 19.8. The van der Waals surface area contributed by atoms with Crippen LogP contribution < -0.4 is 0 Å². The summed E-state index contributed by atoms with van der Waals surface area (Å²) in [6.45, 7) is 1.79. The van der Waals surface area contributed by atoms with Crippen LogP contribution in [0.2, 0.25) is 0 Å². The Labute approximate surface area is 179 Å². The number of benzene rings is 3. The number of carbonyl (C=O) groups excluding carboxylic acids is 1. The molecule has 0 fully saturated rings. The molecule has 3 aromatic rings. The predicted octanol–water partition coefficient (Wildman–Crippen LogP) is 5.14. The van der Waals surface area contributed by atoms with Gasteiger partial charge in [-0.15, -0.1) is 0 Å². The van der Waals surface area contributed by atoms with Crippen molar-refractivity contribution in [2.45, 2.75) is 18.9 Å². The van der Waals surface area contributed by atoms with Gasteiger partial charge in [0.25, 0.3) is 0 Å². The molecular formula is C25H22FNO4. The molecule has 1 aliphatic carbocycles. The molecule has 1 atom stereocenters. The lowest BCUT2D eigenvalue weighted by molar-refractivity contribution is -0.142. The van der Waals surface area contributed by atoms with E-state index in [1.54, 1.807) is 13.0 Å². The first-order chi connectivity index (χ1) is 14.9. The quantitative estimate of drug-likeness (QED) is 0.622. The number of carboxylic acids is 1. The predicted molar refractivity (Wildman–Crippen MR) is 114 cm³/mol. The second kappa shape index (κ2) is 8.22. The Morgan fingerprint density at radius 1 is 1.03 bits per heavy atom. The zero-order chi connectivity index (χ0) is 22.1. The van der Waals surface area contributed by atoms with Crippen molar-refractivity contribution < 1.29 is 23.8 Å². The minimum atomic E-state index is -1.49. The summed E-state index contributed by atoms with van der Waals surface area (Å²) in [4.78, 5) is 25.6. The standard InChI is InChI=1S/C25H22FNO4/c1-15-11-12-22(26)20(13-15)23(24(28)29)27(2)25(30)31-14-21-18-9-5-3-7-16(18)17-8-4-6-10-19(17)21/h3-13,21,23H,14H2,1-2H3,(H,28,29). The SMILES string of the molecule is Cc1ccc(F)c(C(C(=O)O)N(C)C(=O)OCC2c3ccccc3-c3ccccc32)c1. The van der Waals surface area contributed by atoms with Crippen LogP contribution in [0.4, 0.5) is 9.18 Å². The molecule has 0 aliphatic heterocycles. The summed E-state index contributed by atoms with van der Waals surface area (Å²) in [5.74, 6) is -2.17. The number of hydrogen-bond acceptors (Lipinski definition) is 3. The topological polar surface area (TPSA) is 66.8 Å². The molecule has 6 heteroatoms. The maximum Gasteiger partial charge on any atom is 0.410 e. The summed E-state index contributed by atoms with van der Waals surface area (Å²) in [5.41, 5.74) is 4.92. The van der Waals surface area contributed by atoms with Crippen molar-refractivity contribution in [2.75, 3.05) is 13.7 Å². The largest absolute Gasteiger partial charge is 0.479 e. The summed E-state index contributed by atoms with van der Waals surface area (Å²) >= 11 is 0. The normalized spacial score (nSPS) is 13.3. The highest BCUT2D eigenvalue weighted by Gasteiger charge is 2.34. The maximum absolute atomic E-state index is 14.3. The van der Waals surface area contributed by atoms with Crippen molar-refractivity contribution in [1.29, 1.82) is 0 Å². The number of carboxylic acid groups (broad SMARTS) is 1. The fraction of sp³-hybridized carbons (Fsp3) is 0.200. The van der Waals surface area contributed by atoms with Gasteiger partial charge in [-0.2, -0.15) is 0 Å². The van der Waals surface area contributed by atoms with E-state index in [1.165, 1.54) is 19.2 Å². The summed E-state index contributed by atoms with van der Waals surface area (Å²) in [6, 6.07) is 18.6. The molecular weight excluding hydrogens is 397 g/mol. The van der Waals surface area contributed by atoms with Gasteiger partial charge in [0.05, 0.1) is 0 Å². The van der Waals surface area contributed by atoms with E-state index in [1.807, 2.05) is 48.5 Å². The van der Waals surface area contributed by atoms with Crippen LogP contribution in [0.25, 0.3) is 11.1 Å². The van der Waals surface area contributed by atoms with Gasteiger partial charge in [0.15, 0.2) is 6.04 Å². The number of carbonyl (C=O) groups is 2. The summed E-state index contributed by atoms with van der Waals surface area (Å²) in [7, 11) is 1.30. The molecule has 3 aromatic carbocycles. The Hall–Kier alpha value is -3.67. The third-order valence-electron chi connectivity index (χ3n) is 5.69. The molecule has 4 rings (SSSR count). The van der Waals surface area contributed by atoms with Gasteiger partial charge >= 0.3 is 12.1 Å². The maximum atomic E-state index is 14.3. The molecule has 0 heterocycles. The molecule has 0 aromatic heterocycles. The Morgan fingerprint density at radius 2 is 1.61 bits per heavy atom. The second-order valence-corrected chi connectivity index (χ2v) is 7.68. The fourth-order valence-electron chi connectivity index (χ4n) is 4.18. The zero-order valence-corrected chi connectivity index (χ0v) is 17.2. The Bertz CT molecular complexity index is 1110. The Morgan fingerprint density at radius 3 is 2.19 bits per heavy atom. The van der Waals surface area contributed by atoms with Crippen LogP contribution >= 0.6 is 0 Å². The van der Waals surface area contributed by atoms with Crippen LogP contribution in [0, 0.1) is 12.7 Å². The van der Waals surface area contributed by atoms with Crippen molar-refractivity contribution >= 4 is 12.1 Å². The number of hydrogen-bond donors (Lipinski definition) is 1. The van der Waals surface area contributed by atoms with Gasteiger partial charge < -0.3 is 9.84 Å². The van der Waals surface area contributed by atoms with Crippen LogP contribution in [0.1, 0.15) is 34.2 Å². The molecule has 1 amide bonds. The molecule has 0 saturated carbocycles. The third-order valence-corrected chi connectivity index (χ3v) is 5.69. The van der Waals surface area contributed by atoms with E-state index < -0.39 is 23.9 Å². The number of aliphatic carboxylic acids is 1. The van der Waals surface area contributed by atoms with Crippen LogP contribution in [0.5, 0.6) is 0 Å². The second-order valence-electron chi connectivity index (χ2n) is 7.68. The van der Waals surface area contributed by atoms with E-state index in [4.69, 9.17) is 4.74 Å². The zero-order valence-electron chi connectivity index (χ0n) is 17.2. The molecule has 158 valence electrons. The lowest BCUT2D eigenvalue weighted by atomic mass is 9.98. The summed E-state index contributed by atoms with van der Waals surface area (Å²) in [6.07, 6.45) is -0.824. The number of rotatable bonds is 5. The van der Waals surface area contributed by atoms with Gasteiger partial charge in [-0.25, -0.2) is 14.0 Å². The fourth-order valence-corrected chi connectivity index (χ4v) is 4.18. The van der Waals surface area contributed by atoms with Crippen LogP contribution in [-0.4, -0.2) is 35.7 Å². The molecule has 31 heavy (non-hydrogen) atoms. The van der Waals surface area contributed by atoms with Gasteiger partial charge in [-0.3, -0.25) is 4.90 Å². The van der Waals surface area contributed by atoms with Gasteiger partial charge in [0.1, 0.15) is 12.4 Å². The van der Waals surface area contributed by atoms with E-state index in [0.717, 1.165) is 27.2 Å². The number of fused-ring (bicyclic) bond motifs is 3. The third kappa shape index (κ3) is 3.77. The first-order valence-corrected chi connectivity index (χ1v) is 9.95. The molecule has 0 radical (unpaired) electrons. The Balaban J connectivity index is 1.56. The van der Waals surface area contributed by atoms with Crippen molar-refractivity contribution in [3.05, 3.63) is 94.8 Å². The average molecular weight is 419 g/mol. The smallest absolute Gasteiger partial charge is 0.410 e. The minimum Gasteiger partial charge on any atom is -0.479 e. The molecule has 5 nitrogen and oxygen atoms in total. The van der Waals surface area contributed by atoms with E-state index in [9.17, 15) is 19.1 Å². The Kier molecular flexibility index (Phi) is 5.46. The molecule has 0 spiro atoms. The van der Waals surface area contributed by atoms with Gasteiger partial charge in [0, 0.05) is 18.5 Å². The average Bonchev–Trinajstić information content (AvgIpc) is 3.08. The highest BCUT2D eigenvalue weighted by molar-refractivity contribution is 5.82. The van der Waals surface area contributed by atoms with Crippen LogP contribution in [-0.2, 0) is 9.53 Å². The first-order valence-electron chi connectivity index (χ1n) is 9.95. The molecule has 0 bridgehead atoms. The van der Waals surface area contributed by atoms with Crippen LogP contribution in [0.3, 0.4) is 0 Å². The monoisotopic (exact) mass is 419 g/mol. The van der Waals surface area contributed by atoms with Crippen LogP contribution in [0.15, 0.2) is 66.7 Å². The molecule has 1 N–H and O–H groups in total. The number of amides is 1. The number of halogens is 1. The molecule has 1 aliphatic rings. The molecule has 0 saturated heterocycles. The highest BCUT2D eigenvalue weighted by atomic mass is 19.1. The number of ether oxygens (including phenoxy) is 1. The summed E-state index contributed by atoms with van der Waals surface area (Å²) in [5, 5.41) is 9.69. The lowest BCUT2D eigenvalue weighted by Crippen LogP contribution is -2.37.